The molecule has 4 heteroatoms. The van der Waals surface area contributed by atoms with E-state index in [2.05, 4.69) is 25.7 Å². The SMILES string of the molecule is CC(C)(C)N1CCN(C(=O)c2ccccc2O)CC1. The summed E-state index contributed by atoms with van der Waals surface area (Å²) < 4.78 is 0. The van der Waals surface area contributed by atoms with Gasteiger partial charge in [0.2, 0.25) is 0 Å². The number of benzene rings is 1. The molecule has 2 rings (SSSR count). The van der Waals surface area contributed by atoms with Gasteiger partial charge in [-0.3, -0.25) is 9.69 Å². The highest BCUT2D eigenvalue weighted by Gasteiger charge is 2.28. The van der Waals surface area contributed by atoms with Crippen molar-refractivity contribution < 1.29 is 9.90 Å². The fourth-order valence-corrected chi connectivity index (χ4v) is 2.41. The number of carbonyl (C=O) groups excluding carboxylic acids is 1. The van der Waals surface area contributed by atoms with E-state index in [0.717, 1.165) is 13.1 Å². The summed E-state index contributed by atoms with van der Waals surface area (Å²) >= 11 is 0. The number of piperazine rings is 1. The minimum atomic E-state index is -0.0772. The first kappa shape index (κ1) is 13.9. The van der Waals surface area contributed by atoms with Crippen molar-refractivity contribution in [2.75, 3.05) is 26.2 Å². The molecule has 1 aliphatic heterocycles. The Labute approximate surface area is 114 Å². The molecule has 1 aromatic carbocycles. The fourth-order valence-electron chi connectivity index (χ4n) is 2.41. The molecule has 1 amide bonds. The van der Waals surface area contributed by atoms with E-state index in [1.165, 1.54) is 0 Å². The molecule has 0 aromatic heterocycles. The first-order valence-corrected chi connectivity index (χ1v) is 6.72. The number of phenolic OH excluding ortho intramolecular Hbond substituents is 1. The smallest absolute Gasteiger partial charge is 0.257 e. The summed E-state index contributed by atoms with van der Waals surface area (Å²) in [5.41, 5.74) is 0.538. The first-order chi connectivity index (χ1) is 8.89. The Morgan fingerprint density at radius 2 is 1.68 bits per heavy atom. The van der Waals surface area contributed by atoms with Crippen LogP contribution in [0.15, 0.2) is 24.3 Å². The first-order valence-electron chi connectivity index (χ1n) is 6.72. The van der Waals surface area contributed by atoms with Crippen LogP contribution >= 0.6 is 0 Å². The molecule has 1 heterocycles. The number of hydrogen-bond acceptors (Lipinski definition) is 3. The van der Waals surface area contributed by atoms with Crippen LogP contribution in [0, 0.1) is 0 Å². The minimum Gasteiger partial charge on any atom is -0.507 e. The molecule has 0 spiro atoms. The number of amides is 1. The lowest BCUT2D eigenvalue weighted by molar-refractivity contribution is 0.0449. The molecular formula is C15H22N2O2. The molecule has 104 valence electrons. The van der Waals surface area contributed by atoms with Crippen LogP contribution in [0.2, 0.25) is 0 Å². The van der Waals surface area contributed by atoms with Gasteiger partial charge < -0.3 is 10.0 Å². The molecule has 0 saturated carbocycles. The molecule has 0 atom stereocenters. The summed E-state index contributed by atoms with van der Waals surface area (Å²) in [6.45, 7) is 9.75. The van der Waals surface area contributed by atoms with Gasteiger partial charge in [-0.25, -0.2) is 0 Å². The molecular weight excluding hydrogens is 240 g/mol. The third-order valence-corrected chi connectivity index (χ3v) is 3.65. The van der Waals surface area contributed by atoms with Crippen molar-refractivity contribution in [2.24, 2.45) is 0 Å². The van der Waals surface area contributed by atoms with Crippen molar-refractivity contribution in [3.05, 3.63) is 29.8 Å². The Kier molecular flexibility index (Phi) is 3.80. The molecule has 0 bridgehead atoms. The number of rotatable bonds is 1. The zero-order valence-electron chi connectivity index (χ0n) is 11.9. The van der Waals surface area contributed by atoms with E-state index < -0.39 is 0 Å². The van der Waals surface area contributed by atoms with Crippen LogP contribution in [0.1, 0.15) is 31.1 Å². The highest BCUT2D eigenvalue weighted by atomic mass is 16.3. The van der Waals surface area contributed by atoms with Gasteiger partial charge in [0.25, 0.3) is 5.91 Å². The maximum atomic E-state index is 12.3. The third-order valence-electron chi connectivity index (χ3n) is 3.65. The zero-order chi connectivity index (χ0) is 14.0. The quantitative estimate of drug-likeness (QED) is 0.841. The molecule has 0 radical (unpaired) electrons. The standard InChI is InChI=1S/C15H22N2O2/c1-15(2,3)17-10-8-16(9-11-17)14(19)12-6-4-5-7-13(12)18/h4-7,18H,8-11H2,1-3H3. The van der Waals surface area contributed by atoms with Crippen molar-refractivity contribution >= 4 is 5.91 Å². The van der Waals surface area contributed by atoms with Crippen LogP contribution in [-0.4, -0.2) is 52.5 Å². The summed E-state index contributed by atoms with van der Waals surface area (Å²) in [5, 5.41) is 9.73. The highest BCUT2D eigenvalue weighted by molar-refractivity contribution is 5.96. The second-order valence-corrected chi connectivity index (χ2v) is 5.97. The maximum Gasteiger partial charge on any atom is 0.257 e. The molecule has 0 unspecified atom stereocenters. The van der Waals surface area contributed by atoms with E-state index >= 15 is 0 Å². The monoisotopic (exact) mass is 262 g/mol. The average Bonchev–Trinajstić information content (AvgIpc) is 2.38. The second kappa shape index (κ2) is 5.21. The van der Waals surface area contributed by atoms with Gasteiger partial charge in [0.15, 0.2) is 0 Å². The summed E-state index contributed by atoms with van der Waals surface area (Å²) in [6, 6.07) is 6.73. The topological polar surface area (TPSA) is 43.8 Å². The van der Waals surface area contributed by atoms with Gasteiger partial charge in [0, 0.05) is 31.7 Å². The van der Waals surface area contributed by atoms with Gasteiger partial charge in [-0.2, -0.15) is 0 Å². The Morgan fingerprint density at radius 3 is 2.21 bits per heavy atom. The van der Waals surface area contributed by atoms with Gasteiger partial charge in [-0.05, 0) is 32.9 Å². The van der Waals surface area contributed by atoms with Crippen molar-refractivity contribution in [3.8, 4) is 5.75 Å². The van der Waals surface area contributed by atoms with Crippen LogP contribution in [-0.2, 0) is 0 Å². The van der Waals surface area contributed by atoms with Gasteiger partial charge in [-0.15, -0.1) is 0 Å². The van der Waals surface area contributed by atoms with E-state index in [1.54, 1.807) is 24.3 Å². The summed E-state index contributed by atoms with van der Waals surface area (Å²) in [7, 11) is 0. The van der Waals surface area contributed by atoms with E-state index in [4.69, 9.17) is 0 Å². The summed E-state index contributed by atoms with van der Waals surface area (Å²) in [6.07, 6.45) is 0. The van der Waals surface area contributed by atoms with Crippen LogP contribution in [0.4, 0.5) is 0 Å². The molecule has 1 saturated heterocycles. The van der Waals surface area contributed by atoms with E-state index in [9.17, 15) is 9.90 Å². The molecule has 1 N–H and O–H groups in total. The van der Waals surface area contributed by atoms with Crippen LogP contribution < -0.4 is 0 Å². The lowest BCUT2D eigenvalue weighted by Gasteiger charge is -2.42. The predicted molar refractivity (Wildman–Crippen MR) is 75.3 cm³/mol. The summed E-state index contributed by atoms with van der Waals surface area (Å²) in [5.74, 6) is -0.0163. The molecule has 1 aliphatic rings. The number of hydrogen-bond donors (Lipinski definition) is 1. The van der Waals surface area contributed by atoms with Crippen molar-refractivity contribution in [1.29, 1.82) is 0 Å². The number of para-hydroxylation sites is 1. The second-order valence-electron chi connectivity index (χ2n) is 5.97. The number of phenols is 1. The van der Waals surface area contributed by atoms with Gasteiger partial charge in [-0.1, -0.05) is 12.1 Å². The van der Waals surface area contributed by atoms with Crippen molar-refractivity contribution in [1.82, 2.24) is 9.80 Å². The van der Waals surface area contributed by atoms with E-state index in [0.29, 0.717) is 18.7 Å². The van der Waals surface area contributed by atoms with Crippen molar-refractivity contribution in [3.63, 3.8) is 0 Å². The molecule has 1 aromatic rings. The zero-order valence-corrected chi connectivity index (χ0v) is 11.9. The molecule has 1 fully saturated rings. The Balaban J connectivity index is 2.03. The Morgan fingerprint density at radius 1 is 1.11 bits per heavy atom. The predicted octanol–water partition coefficient (Wildman–Crippen LogP) is 1.95. The third kappa shape index (κ3) is 3.07. The normalized spacial score (nSPS) is 17.5. The fraction of sp³-hybridized carbons (Fsp3) is 0.533. The van der Waals surface area contributed by atoms with E-state index in [1.807, 2.05) is 4.90 Å². The van der Waals surface area contributed by atoms with Gasteiger partial charge >= 0.3 is 0 Å². The van der Waals surface area contributed by atoms with Crippen LogP contribution in [0.25, 0.3) is 0 Å². The summed E-state index contributed by atoms with van der Waals surface area (Å²) in [4.78, 5) is 16.5. The Bertz CT molecular complexity index is 457. The van der Waals surface area contributed by atoms with E-state index in [-0.39, 0.29) is 17.2 Å². The van der Waals surface area contributed by atoms with Crippen LogP contribution in [0.5, 0.6) is 5.75 Å². The van der Waals surface area contributed by atoms with Gasteiger partial charge in [0.05, 0.1) is 5.56 Å². The molecule has 19 heavy (non-hydrogen) atoms. The van der Waals surface area contributed by atoms with Gasteiger partial charge in [0.1, 0.15) is 5.75 Å². The minimum absolute atomic E-state index is 0.0609. The lowest BCUT2D eigenvalue weighted by Crippen LogP contribution is -2.54. The van der Waals surface area contributed by atoms with Crippen LogP contribution in [0.3, 0.4) is 0 Å². The average molecular weight is 262 g/mol. The largest absolute Gasteiger partial charge is 0.507 e. The lowest BCUT2D eigenvalue weighted by atomic mass is 10.0. The number of aromatic hydroxyl groups is 1. The highest BCUT2D eigenvalue weighted by Crippen LogP contribution is 2.20. The molecule has 0 aliphatic carbocycles. The maximum absolute atomic E-state index is 12.3. The molecule has 4 nitrogen and oxygen atoms in total. The number of carbonyl (C=O) groups is 1. The Hall–Kier alpha value is -1.55. The van der Waals surface area contributed by atoms with Crippen molar-refractivity contribution in [2.45, 2.75) is 26.3 Å². The number of nitrogens with zero attached hydrogens (tertiary/aromatic N) is 2.